The Bertz CT molecular complexity index is 688. The van der Waals surface area contributed by atoms with Gasteiger partial charge in [-0.15, -0.1) is 0 Å². The van der Waals surface area contributed by atoms with Gasteiger partial charge in [0.1, 0.15) is 15.7 Å². The molecule has 0 bridgehead atoms. The first-order chi connectivity index (χ1) is 8.53. The Morgan fingerprint density at radius 1 is 1.32 bits per heavy atom. The van der Waals surface area contributed by atoms with Gasteiger partial charge in [-0.05, 0) is 28.1 Å². The molecular weight excluding hydrogens is 363 g/mol. The van der Waals surface area contributed by atoms with Gasteiger partial charge in [-0.2, -0.15) is 0 Å². The molecular formula is C9H12BrFN2O4S2. The molecule has 0 spiro atoms. The van der Waals surface area contributed by atoms with Crippen molar-refractivity contribution in [2.24, 2.45) is 0 Å². The Labute approximate surface area is 119 Å². The molecule has 0 aliphatic rings. The zero-order chi connectivity index (χ0) is 14.8. The molecule has 0 saturated heterocycles. The van der Waals surface area contributed by atoms with Crippen molar-refractivity contribution in [3.63, 3.8) is 0 Å². The summed E-state index contributed by atoms with van der Waals surface area (Å²) >= 11 is 2.92. The highest BCUT2D eigenvalue weighted by Gasteiger charge is 2.20. The molecule has 1 rings (SSSR count). The van der Waals surface area contributed by atoms with Crippen LogP contribution in [0.4, 0.5) is 10.1 Å². The third kappa shape index (κ3) is 4.71. The Morgan fingerprint density at radius 2 is 1.89 bits per heavy atom. The van der Waals surface area contributed by atoms with Crippen LogP contribution in [-0.2, 0) is 19.9 Å². The van der Waals surface area contributed by atoms with Crippen LogP contribution >= 0.6 is 15.9 Å². The van der Waals surface area contributed by atoms with Crippen molar-refractivity contribution in [2.75, 3.05) is 24.3 Å². The molecule has 1 aromatic rings. The average Bonchev–Trinajstić information content (AvgIpc) is 2.20. The number of nitrogen functional groups attached to an aromatic ring is 1. The van der Waals surface area contributed by atoms with Crippen molar-refractivity contribution in [1.29, 1.82) is 0 Å². The largest absolute Gasteiger partial charge is 0.396 e. The number of benzene rings is 1. The van der Waals surface area contributed by atoms with Crippen LogP contribution in [-0.4, -0.2) is 35.4 Å². The smallest absolute Gasteiger partial charge is 0.241 e. The maximum atomic E-state index is 13.1. The summed E-state index contributed by atoms with van der Waals surface area (Å²) in [5.41, 5.74) is 4.99. The lowest BCUT2D eigenvalue weighted by Gasteiger charge is -2.09. The molecule has 6 nitrogen and oxygen atoms in total. The molecule has 0 amide bonds. The molecule has 10 heteroatoms. The lowest BCUT2D eigenvalue weighted by molar-refractivity contribution is 0.580. The van der Waals surface area contributed by atoms with Crippen LogP contribution in [0.15, 0.2) is 21.5 Å². The Hall–Kier alpha value is -0.710. The number of hydrogen-bond acceptors (Lipinski definition) is 5. The lowest BCUT2D eigenvalue weighted by atomic mass is 10.3. The third-order valence-electron chi connectivity index (χ3n) is 2.11. The molecule has 1 aromatic carbocycles. The summed E-state index contributed by atoms with van der Waals surface area (Å²) in [6, 6.07) is 1.89. The molecule has 0 aliphatic heterocycles. The van der Waals surface area contributed by atoms with Crippen molar-refractivity contribution in [3.8, 4) is 0 Å². The minimum atomic E-state index is -3.96. The van der Waals surface area contributed by atoms with E-state index in [9.17, 15) is 21.2 Å². The Kier molecular flexibility index (Phi) is 4.93. The summed E-state index contributed by atoms with van der Waals surface area (Å²) in [7, 11) is -7.24. The first-order valence-electron chi connectivity index (χ1n) is 4.95. The number of anilines is 1. The van der Waals surface area contributed by atoms with E-state index in [0.717, 1.165) is 18.4 Å². The number of hydrogen-bond donors (Lipinski definition) is 2. The van der Waals surface area contributed by atoms with Gasteiger partial charge in [-0.25, -0.2) is 25.9 Å². The number of sulfonamides is 1. The summed E-state index contributed by atoms with van der Waals surface area (Å²) in [4.78, 5) is -0.250. The number of halogens is 2. The number of rotatable bonds is 5. The first kappa shape index (κ1) is 16.3. The van der Waals surface area contributed by atoms with Gasteiger partial charge < -0.3 is 5.73 Å². The minimum Gasteiger partial charge on any atom is -0.396 e. The van der Waals surface area contributed by atoms with Gasteiger partial charge in [0.15, 0.2) is 0 Å². The normalized spacial score (nSPS) is 12.6. The van der Waals surface area contributed by atoms with Crippen LogP contribution < -0.4 is 10.5 Å². The van der Waals surface area contributed by atoms with Crippen molar-refractivity contribution in [2.45, 2.75) is 4.90 Å². The molecule has 0 fully saturated rings. The van der Waals surface area contributed by atoms with Crippen LogP contribution in [0, 0.1) is 5.82 Å². The molecule has 0 saturated carbocycles. The fourth-order valence-corrected chi connectivity index (χ4v) is 3.87. The minimum absolute atomic E-state index is 0.00561. The van der Waals surface area contributed by atoms with Crippen LogP contribution in [0.5, 0.6) is 0 Å². The summed E-state index contributed by atoms with van der Waals surface area (Å²) in [5.74, 6) is -1.08. The number of sulfone groups is 1. The van der Waals surface area contributed by atoms with Crippen LogP contribution in [0.2, 0.25) is 0 Å². The van der Waals surface area contributed by atoms with Gasteiger partial charge in [0, 0.05) is 17.3 Å². The number of nitrogens with one attached hydrogen (secondary N) is 1. The molecule has 0 heterocycles. The number of nitrogens with two attached hydrogens (primary N) is 1. The molecule has 0 unspecified atom stereocenters. The molecule has 0 aromatic heterocycles. The fourth-order valence-electron chi connectivity index (χ4n) is 1.19. The van der Waals surface area contributed by atoms with Crippen LogP contribution in [0.25, 0.3) is 0 Å². The molecule has 0 atom stereocenters. The topological polar surface area (TPSA) is 106 Å². The van der Waals surface area contributed by atoms with Gasteiger partial charge in [0.05, 0.1) is 16.3 Å². The van der Waals surface area contributed by atoms with E-state index in [0.29, 0.717) is 0 Å². The molecule has 3 N–H and O–H groups in total. The van der Waals surface area contributed by atoms with Crippen LogP contribution in [0.3, 0.4) is 0 Å². The van der Waals surface area contributed by atoms with E-state index in [2.05, 4.69) is 20.7 Å². The second kappa shape index (κ2) is 5.73. The van der Waals surface area contributed by atoms with Crippen molar-refractivity contribution in [1.82, 2.24) is 4.72 Å². The second-order valence-electron chi connectivity index (χ2n) is 3.83. The van der Waals surface area contributed by atoms with Crippen LogP contribution in [0.1, 0.15) is 0 Å². The fraction of sp³-hybridized carbons (Fsp3) is 0.333. The molecule has 19 heavy (non-hydrogen) atoms. The average molecular weight is 375 g/mol. The highest BCUT2D eigenvalue weighted by molar-refractivity contribution is 9.10. The maximum absolute atomic E-state index is 13.1. The monoisotopic (exact) mass is 374 g/mol. The van der Waals surface area contributed by atoms with Crippen molar-refractivity contribution < 1.29 is 21.2 Å². The van der Waals surface area contributed by atoms with E-state index in [4.69, 9.17) is 5.73 Å². The SMILES string of the molecule is CS(=O)(=O)CCNS(=O)(=O)c1cc(N)c(F)cc1Br. The predicted octanol–water partition coefficient (Wildman–Crippen LogP) is 0.493. The summed E-state index contributed by atoms with van der Waals surface area (Å²) < 4.78 is 60.8. The second-order valence-corrected chi connectivity index (χ2v) is 8.68. The van der Waals surface area contributed by atoms with Gasteiger partial charge in [0.25, 0.3) is 0 Å². The summed E-state index contributed by atoms with van der Waals surface area (Å²) in [5, 5.41) is 0. The van der Waals surface area contributed by atoms with E-state index in [1.54, 1.807) is 0 Å². The molecule has 0 radical (unpaired) electrons. The quantitative estimate of drug-likeness (QED) is 0.729. The standard InChI is InChI=1S/C9H12BrFN2O4S2/c1-18(14,15)3-2-13-19(16,17)9-5-8(12)7(11)4-6(9)10/h4-5,13H,2-3,12H2,1H3. The van der Waals surface area contributed by atoms with E-state index in [1.807, 2.05) is 0 Å². The van der Waals surface area contributed by atoms with Crippen molar-refractivity contribution in [3.05, 3.63) is 22.4 Å². The van der Waals surface area contributed by atoms with Gasteiger partial charge in [-0.1, -0.05) is 0 Å². The lowest BCUT2D eigenvalue weighted by Crippen LogP contribution is -2.29. The van der Waals surface area contributed by atoms with Crippen molar-refractivity contribution >= 4 is 41.5 Å². The zero-order valence-corrected chi connectivity index (χ0v) is 13.1. The predicted molar refractivity (Wildman–Crippen MR) is 73.4 cm³/mol. The molecule has 108 valence electrons. The van der Waals surface area contributed by atoms with Gasteiger partial charge >= 0.3 is 0 Å². The summed E-state index contributed by atoms with van der Waals surface area (Å²) in [6.07, 6.45) is 0.993. The van der Waals surface area contributed by atoms with E-state index >= 15 is 0 Å². The van der Waals surface area contributed by atoms with Gasteiger partial charge in [-0.3, -0.25) is 0 Å². The third-order valence-corrected chi connectivity index (χ3v) is 5.47. The van der Waals surface area contributed by atoms with E-state index in [1.165, 1.54) is 0 Å². The highest BCUT2D eigenvalue weighted by atomic mass is 79.9. The highest BCUT2D eigenvalue weighted by Crippen LogP contribution is 2.26. The van der Waals surface area contributed by atoms with Gasteiger partial charge in [0.2, 0.25) is 10.0 Å². The molecule has 0 aliphatic carbocycles. The Balaban J connectivity index is 2.98. The van der Waals surface area contributed by atoms with E-state index < -0.39 is 25.7 Å². The zero-order valence-electron chi connectivity index (χ0n) is 9.85. The Morgan fingerprint density at radius 3 is 2.42 bits per heavy atom. The van der Waals surface area contributed by atoms with E-state index in [-0.39, 0.29) is 27.4 Å². The first-order valence-corrected chi connectivity index (χ1v) is 9.28. The summed E-state index contributed by atoms with van der Waals surface area (Å²) in [6.45, 7) is -0.273. The maximum Gasteiger partial charge on any atom is 0.241 e.